The monoisotopic (exact) mass is 316 g/mol. The minimum Gasteiger partial charge on any atom is -0.494 e. The second-order valence-corrected chi connectivity index (χ2v) is 4.92. The third-order valence-electron chi connectivity index (χ3n) is 3.25. The topological polar surface area (TPSA) is 101 Å². The van der Waals surface area contributed by atoms with E-state index in [0.717, 1.165) is 5.69 Å². The molecule has 1 aliphatic heterocycles. The van der Waals surface area contributed by atoms with Gasteiger partial charge < -0.3 is 10.1 Å². The molecule has 3 rings (SSSR count). The molecule has 1 aromatic carbocycles. The lowest BCUT2D eigenvalue weighted by atomic mass is 10.3. The van der Waals surface area contributed by atoms with Crippen LogP contribution < -0.4 is 26.0 Å². The maximum atomic E-state index is 11.7. The molecule has 1 aliphatic rings. The predicted molar refractivity (Wildman–Crippen MR) is 85.5 cm³/mol. The van der Waals surface area contributed by atoms with Gasteiger partial charge in [0.25, 0.3) is 0 Å². The summed E-state index contributed by atoms with van der Waals surface area (Å²) in [5.74, 6) is 0.786. The van der Waals surface area contributed by atoms with Crippen molar-refractivity contribution in [2.45, 2.75) is 13.8 Å². The second-order valence-electron chi connectivity index (χ2n) is 4.92. The second kappa shape index (κ2) is 5.52. The summed E-state index contributed by atoms with van der Waals surface area (Å²) in [6.45, 7) is 2.76. The standard InChI is InChI=1S/C14H16N6O3/c1-8(21)15-13-12-14(19(17-13)9(2)22)18-20(16-12)10-6-4-5-7-11(10)23-3/h4-7,16,18H,1-3H3,(H,15,17,21). The highest BCUT2D eigenvalue weighted by molar-refractivity contribution is 5.98. The quantitative estimate of drug-likeness (QED) is 0.792. The molecule has 23 heavy (non-hydrogen) atoms. The average Bonchev–Trinajstić information content (AvgIpc) is 3.07. The number of hydrogen-bond donors (Lipinski definition) is 3. The van der Waals surface area contributed by atoms with Gasteiger partial charge >= 0.3 is 0 Å². The average molecular weight is 316 g/mol. The van der Waals surface area contributed by atoms with Crippen molar-refractivity contribution in [1.82, 2.24) is 9.78 Å². The number of hydrogen-bond acceptors (Lipinski definition) is 7. The van der Waals surface area contributed by atoms with Crippen molar-refractivity contribution in [3.8, 4) is 5.75 Å². The summed E-state index contributed by atoms with van der Waals surface area (Å²) in [5, 5.41) is 8.29. The Morgan fingerprint density at radius 2 is 1.96 bits per heavy atom. The van der Waals surface area contributed by atoms with Gasteiger partial charge in [-0.15, -0.1) is 5.10 Å². The van der Waals surface area contributed by atoms with Gasteiger partial charge in [0.1, 0.15) is 17.1 Å². The fourth-order valence-electron chi connectivity index (χ4n) is 2.29. The van der Waals surface area contributed by atoms with Gasteiger partial charge in [-0.1, -0.05) is 12.1 Å². The molecule has 0 unspecified atom stereocenters. The van der Waals surface area contributed by atoms with E-state index in [1.165, 1.54) is 18.5 Å². The lowest BCUT2D eigenvalue weighted by Gasteiger charge is -2.21. The van der Waals surface area contributed by atoms with Crippen LogP contribution >= 0.6 is 0 Å². The maximum Gasteiger partial charge on any atom is 0.245 e. The van der Waals surface area contributed by atoms with Gasteiger partial charge in [0.05, 0.1) is 7.11 Å². The van der Waals surface area contributed by atoms with Gasteiger partial charge in [0.15, 0.2) is 11.6 Å². The molecule has 0 atom stereocenters. The number of benzene rings is 1. The summed E-state index contributed by atoms with van der Waals surface area (Å²) in [5.41, 5.74) is 7.33. The molecule has 0 saturated heterocycles. The minimum absolute atomic E-state index is 0.271. The Morgan fingerprint density at radius 3 is 2.61 bits per heavy atom. The number of hydrazine groups is 2. The van der Waals surface area contributed by atoms with Crippen LogP contribution in [0.15, 0.2) is 24.3 Å². The molecule has 2 heterocycles. The van der Waals surface area contributed by atoms with Crippen LogP contribution in [0.4, 0.5) is 23.0 Å². The first-order chi connectivity index (χ1) is 11.0. The number of nitrogens with zero attached hydrogens (tertiary/aromatic N) is 3. The van der Waals surface area contributed by atoms with Crippen LogP contribution in [0.5, 0.6) is 5.75 Å². The Balaban J connectivity index is 1.99. The molecular weight excluding hydrogens is 300 g/mol. The van der Waals surface area contributed by atoms with E-state index in [9.17, 15) is 9.59 Å². The van der Waals surface area contributed by atoms with Crippen LogP contribution in [-0.4, -0.2) is 28.7 Å². The number of para-hydroxylation sites is 2. The summed E-state index contributed by atoms with van der Waals surface area (Å²) in [4.78, 5) is 23.1. The van der Waals surface area contributed by atoms with E-state index >= 15 is 0 Å². The van der Waals surface area contributed by atoms with Crippen LogP contribution in [0, 0.1) is 0 Å². The van der Waals surface area contributed by atoms with E-state index in [1.807, 2.05) is 24.3 Å². The number of carbonyl (C=O) groups is 2. The number of anilines is 4. The number of fused-ring (bicyclic) bond motifs is 1. The third-order valence-corrected chi connectivity index (χ3v) is 3.25. The largest absolute Gasteiger partial charge is 0.494 e. The summed E-state index contributed by atoms with van der Waals surface area (Å²) < 4.78 is 6.51. The zero-order valence-corrected chi connectivity index (χ0v) is 12.9. The van der Waals surface area contributed by atoms with Gasteiger partial charge in [-0.3, -0.25) is 20.4 Å². The van der Waals surface area contributed by atoms with Crippen molar-refractivity contribution in [3.63, 3.8) is 0 Å². The minimum atomic E-state index is -0.283. The Kier molecular flexibility index (Phi) is 3.53. The number of nitrogens with one attached hydrogen (secondary N) is 3. The Bertz CT molecular complexity index is 785. The summed E-state index contributed by atoms with van der Waals surface area (Å²) in [7, 11) is 1.57. The van der Waals surface area contributed by atoms with Crippen molar-refractivity contribution in [1.29, 1.82) is 0 Å². The van der Waals surface area contributed by atoms with Crippen LogP contribution in [0.1, 0.15) is 18.6 Å². The van der Waals surface area contributed by atoms with E-state index in [0.29, 0.717) is 17.3 Å². The molecule has 0 fully saturated rings. The zero-order valence-electron chi connectivity index (χ0n) is 12.9. The Labute approximate surface area is 132 Å². The first-order valence-corrected chi connectivity index (χ1v) is 6.89. The van der Waals surface area contributed by atoms with Crippen molar-refractivity contribution in [2.75, 3.05) is 28.4 Å². The van der Waals surface area contributed by atoms with E-state index in [1.54, 1.807) is 12.2 Å². The van der Waals surface area contributed by atoms with E-state index in [2.05, 4.69) is 21.3 Å². The molecule has 1 amide bonds. The van der Waals surface area contributed by atoms with Gasteiger partial charge in [-0.2, -0.15) is 9.80 Å². The van der Waals surface area contributed by atoms with Gasteiger partial charge in [-0.25, -0.2) is 0 Å². The summed E-state index contributed by atoms with van der Waals surface area (Å²) in [6.07, 6.45) is 0. The highest BCUT2D eigenvalue weighted by Gasteiger charge is 2.30. The number of methoxy groups -OCH3 is 1. The van der Waals surface area contributed by atoms with Crippen molar-refractivity contribution in [3.05, 3.63) is 24.3 Å². The molecule has 1 aromatic heterocycles. The van der Waals surface area contributed by atoms with E-state index < -0.39 is 0 Å². The van der Waals surface area contributed by atoms with Crippen molar-refractivity contribution in [2.24, 2.45) is 0 Å². The normalized spacial score (nSPS) is 12.2. The number of ether oxygens (including phenoxy) is 1. The lowest BCUT2D eigenvalue weighted by molar-refractivity contribution is -0.114. The fraction of sp³-hybridized carbons (Fsp3) is 0.214. The summed E-state index contributed by atoms with van der Waals surface area (Å²) >= 11 is 0. The smallest absolute Gasteiger partial charge is 0.245 e. The number of aromatic nitrogens is 2. The van der Waals surface area contributed by atoms with Gasteiger partial charge in [-0.05, 0) is 12.1 Å². The van der Waals surface area contributed by atoms with Gasteiger partial charge in [0.2, 0.25) is 11.8 Å². The number of amides is 1. The molecule has 0 saturated carbocycles. The first-order valence-electron chi connectivity index (χ1n) is 6.89. The molecule has 2 aromatic rings. The number of carbonyl (C=O) groups excluding carboxylic acids is 2. The van der Waals surface area contributed by atoms with E-state index in [4.69, 9.17) is 4.74 Å². The highest BCUT2D eigenvalue weighted by atomic mass is 16.5. The third kappa shape index (κ3) is 2.52. The maximum absolute atomic E-state index is 11.7. The molecule has 9 nitrogen and oxygen atoms in total. The summed E-state index contributed by atoms with van der Waals surface area (Å²) in [6, 6.07) is 7.36. The molecule has 3 N–H and O–H groups in total. The fourth-order valence-corrected chi connectivity index (χ4v) is 2.29. The Morgan fingerprint density at radius 1 is 1.22 bits per heavy atom. The lowest BCUT2D eigenvalue weighted by Crippen LogP contribution is -2.31. The molecule has 0 radical (unpaired) electrons. The van der Waals surface area contributed by atoms with E-state index in [-0.39, 0.29) is 17.6 Å². The van der Waals surface area contributed by atoms with Crippen LogP contribution in [0.3, 0.4) is 0 Å². The zero-order chi connectivity index (χ0) is 16.6. The molecule has 0 spiro atoms. The highest BCUT2D eigenvalue weighted by Crippen LogP contribution is 2.39. The SMILES string of the molecule is COc1ccccc1N1Nc2c(NC(C)=O)nn(C(C)=O)c2N1. The molecule has 0 bridgehead atoms. The molecule has 9 heteroatoms. The van der Waals surface area contributed by atoms with Crippen LogP contribution in [0.25, 0.3) is 0 Å². The van der Waals surface area contributed by atoms with Crippen LogP contribution in [-0.2, 0) is 4.79 Å². The first kappa shape index (κ1) is 14.7. The van der Waals surface area contributed by atoms with Gasteiger partial charge in [0, 0.05) is 13.8 Å². The Hall–Kier alpha value is -3.23. The predicted octanol–water partition coefficient (Wildman–Crippen LogP) is 1.68. The van der Waals surface area contributed by atoms with Crippen LogP contribution in [0.2, 0.25) is 0 Å². The number of rotatable bonds is 3. The van der Waals surface area contributed by atoms with Crippen molar-refractivity contribution < 1.29 is 14.3 Å². The molecule has 0 aliphatic carbocycles. The van der Waals surface area contributed by atoms with Crippen molar-refractivity contribution >= 4 is 34.8 Å². The molecular formula is C14H16N6O3. The molecule has 120 valence electrons.